The molecule has 0 amide bonds. The second kappa shape index (κ2) is 6.71. The van der Waals surface area contributed by atoms with Gasteiger partial charge in [-0.3, -0.25) is 0 Å². The smallest absolute Gasteiger partial charge is 0.123 e. The molecular formula is C22H33NO. The molecule has 4 saturated carbocycles. The summed E-state index contributed by atoms with van der Waals surface area (Å²) in [6.07, 6.45) is 10.1. The maximum Gasteiger partial charge on any atom is 0.123 e. The largest absolute Gasteiger partial charge is 0.493 e. The van der Waals surface area contributed by atoms with Crippen LogP contribution >= 0.6 is 0 Å². The zero-order valence-electron chi connectivity index (χ0n) is 15.4. The molecule has 0 aliphatic heterocycles. The third-order valence-electron chi connectivity index (χ3n) is 7.04. The minimum atomic E-state index is 0.577. The van der Waals surface area contributed by atoms with Gasteiger partial charge in [-0.25, -0.2) is 0 Å². The molecule has 4 bridgehead atoms. The summed E-state index contributed by atoms with van der Waals surface area (Å²) in [5.74, 6) is 4.14. The van der Waals surface area contributed by atoms with Gasteiger partial charge in [0.25, 0.3) is 0 Å². The summed E-state index contributed by atoms with van der Waals surface area (Å²) in [4.78, 5) is 0. The molecule has 1 unspecified atom stereocenters. The number of hydrogen-bond donors (Lipinski definition) is 1. The van der Waals surface area contributed by atoms with E-state index >= 15 is 0 Å². The van der Waals surface area contributed by atoms with Gasteiger partial charge in [-0.15, -0.1) is 0 Å². The summed E-state index contributed by atoms with van der Waals surface area (Å²) < 4.78 is 5.93. The van der Waals surface area contributed by atoms with E-state index in [1.54, 1.807) is 0 Å². The van der Waals surface area contributed by atoms with Crippen LogP contribution < -0.4 is 10.1 Å². The highest BCUT2D eigenvalue weighted by Crippen LogP contribution is 2.61. The molecule has 0 heterocycles. The molecule has 132 valence electrons. The second-order valence-corrected chi connectivity index (χ2v) is 8.84. The Hall–Kier alpha value is -1.02. The highest BCUT2D eigenvalue weighted by atomic mass is 16.5. The highest BCUT2D eigenvalue weighted by molar-refractivity contribution is 5.33. The molecule has 2 heteroatoms. The Morgan fingerprint density at radius 2 is 1.71 bits per heavy atom. The van der Waals surface area contributed by atoms with E-state index in [2.05, 4.69) is 43.4 Å². The Morgan fingerprint density at radius 1 is 1.08 bits per heavy atom. The second-order valence-electron chi connectivity index (χ2n) is 8.84. The number of para-hydroxylation sites is 1. The van der Waals surface area contributed by atoms with Crippen LogP contribution in [0, 0.1) is 23.2 Å². The Labute approximate surface area is 147 Å². The summed E-state index contributed by atoms with van der Waals surface area (Å²) in [6, 6.07) is 9.15. The summed E-state index contributed by atoms with van der Waals surface area (Å²) in [6.45, 7) is 6.35. The van der Waals surface area contributed by atoms with Crippen LogP contribution in [0.2, 0.25) is 0 Å². The molecule has 0 radical (unpaired) electrons. The average Bonchev–Trinajstić information content (AvgIpc) is 2.57. The van der Waals surface area contributed by atoms with Gasteiger partial charge in [-0.1, -0.05) is 25.1 Å². The average molecular weight is 328 g/mol. The van der Waals surface area contributed by atoms with Crippen LogP contribution in [0.3, 0.4) is 0 Å². The molecule has 1 atom stereocenters. The summed E-state index contributed by atoms with van der Waals surface area (Å²) >= 11 is 0. The predicted octanol–water partition coefficient (Wildman–Crippen LogP) is 5.17. The van der Waals surface area contributed by atoms with Crippen LogP contribution in [-0.2, 0) is 6.54 Å². The van der Waals surface area contributed by atoms with Crippen molar-refractivity contribution in [3.8, 4) is 5.75 Å². The number of ether oxygens (including phenoxy) is 1. The van der Waals surface area contributed by atoms with Crippen molar-refractivity contribution in [2.24, 2.45) is 23.2 Å². The lowest BCUT2D eigenvalue weighted by atomic mass is 9.48. The molecule has 4 aliphatic carbocycles. The van der Waals surface area contributed by atoms with Gasteiger partial charge in [0.15, 0.2) is 0 Å². The van der Waals surface area contributed by atoms with Crippen LogP contribution in [0.5, 0.6) is 5.75 Å². The first kappa shape index (κ1) is 16.4. The molecule has 1 N–H and O–H groups in total. The van der Waals surface area contributed by atoms with Crippen molar-refractivity contribution in [2.75, 3.05) is 6.61 Å². The van der Waals surface area contributed by atoms with Gasteiger partial charge in [-0.2, -0.15) is 0 Å². The Balaban J connectivity index is 1.41. The lowest BCUT2D eigenvalue weighted by Crippen LogP contribution is -2.54. The number of hydrogen-bond acceptors (Lipinski definition) is 2. The highest BCUT2D eigenvalue weighted by Gasteiger charge is 2.52. The molecule has 0 spiro atoms. The molecule has 5 rings (SSSR count). The van der Waals surface area contributed by atoms with E-state index in [0.29, 0.717) is 11.5 Å². The van der Waals surface area contributed by atoms with Crippen molar-refractivity contribution in [1.29, 1.82) is 0 Å². The van der Waals surface area contributed by atoms with E-state index in [-0.39, 0.29) is 0 Å². The Morgan fingerprint density at radius 3 is 2.33 bits per heavy atom. The number of nitrogens with one attached hydrogen (secondary N) is 1. The molecule has 2 nitrogen and oxygen atoms in total. The SMILES string of the molecule is CCCOc1ccccc1CNC(C)C12CC3CC(CC(C3)C1)C2. The maximum absolute atomic E-state index is 5.93. The van der Waals surface area contributed by atoms with Crippen molar-refractivity contribution in [3.63, 3.8) is 0 Å². The number of rotatable bonds is 7. The minimum Gasteiger partial charge on any atom is -0.493 e. The van der Waals surface area contributed by atoms with Crippen LogP contribution in [0.25, 0.3) is 0 Å². The van der Waals surface area contributed by atoms with Crippen molar-refractivity contribution >= 4 is 0 Å². The van der Waals surface area contributed by atoms with E-state index in [0.717, 1.165) is 43.1 Å². The molecule has 0 saturated heterocycles. The van der Waals surface area contributed by atoms with Gasteiger partial charge < -0.3 is 10.1 Å². The molecular weight excluding hydrogens is 294 g/mol. The van der Waals surface area contributed by atoms with E-state index < -0.39 is 0 Å². The van der Waals surface area contributed by atoms with Gasteiger partial charge in [0.05, 0.1) is 6.61 Å². The van der Waals surface area contributed by atoms with Gasteiger partial charge in [0.1, 0.15) is 5.75 Å². The molecule has 1 aromatic carbocycles. The summed E-state index contributed by atoms with van der Waals surface area (Å²) in [5.41, 5.74) is 1.89. The molecule has 0 aromatic heterocycles. The van der Waals surface area contributed by atoms with E-state index in [9.17, 15) is 0 Å². The van der Waals surface area contributed by atoms with Crippen molar-refractivity contribution in [2.45, 2.75) is 71.4 Å². The lowest BCUT2D eigenvalue weighted by molar-refractivity contribution is -0.0706. The fourth-order valence-electron chi connectivity index (χ4n) is 6.19. The summed E-state index contributed by atoms with van der Waals surface area (Å²) in [7, 11) is 0. The van der Waals surface area contributed by atoms with Crippen molar-refractivity contribution in [3.05, 3.63) is 29.8 Å². The quantitative estimate of drug-likeness (QED) is 0.746. The Bertz CT molecular complexity index is 532. The van der Waals surface area contributed by atoms with Crippen molar-refractivity contribution < 1.29 is 4.74 Å². The van der Waals surface area contributed by atoms with Crippen molar-refractivity contribution in [1.82, 2.24) is 5.32 Å². The first-order chi connectivity index (χ1) is 11.7. The molecule has 1 aromatic rings. The van der Waals surface area contributed by atoms with Gasteiger partial charge in [0.2, 0.25) is 0 Å². The third kappa shape index (κ3) is 3.10. The minimum absolute atomic E-state index is 0.577. The standard InChI is InChI=1S/C22H33NO/c1-3-8-24-21-7-5-4-6-20(21)15-23-16(2)22-12-17-9-18(13-22)11-19(10-17)14-22/h4-7,16-19,23H,3,8-15H2,1-2H3. The predicted molar refractivity (Wildman–Crippen MR) is 99.1 cm³/mol. The van der Waals surface area contributed by atoms with Gasteiger partial charge in [-0.05, 0) is 81.1 Å². The lowest BCUT2D eigenvalue weighted by Gasteiger charge is -2.59. The first-order valence-corrected chi connectivity index (χ1v) is 10.1. The molecule has 24 heavy (non-hydrogen) atoms. The van der Waals surface area contributed by atoms with E-state index in [4.69, 9.17) is 4.74 Å². The Kier molecular flexibility index (Phi) is 4.60. The monoisotopic (exact) mass is 327 g/mol. The topological polar surface area (TPSA) is 21.3 Å². The van der Waals surface area contributed by atoms with Crippen LogP contribution in [0.15, 0.2) is 24.3 Å². The van der Waals surface area contributed by atoms with Crippen LogP contribution in [0.4, 0.5) is 0 Å². The summed E-state index contributed by atoms with van der Waals surface area (Å²) in [5, 5.41) is 3.89. The fraction of sp³-hybridized carbons (Fsp3) is 0.727. The zero-order valence-corrected chi connectivity index (χ0v) is 15.4. The van der Waals surface area contributed by atoms with Crippen LogP contribution in [-0.4, -0.2) is 12.6 Å². The van der Waals surface area contributed by atoms with Crippen LogP contribution in [0.1, 0.15) is 64.4 Å². The van der Waals surface area contributed by atoms with Gasteiger partial charge in [0, 0.05) is 18.2 Å². The number of benzene rings is 1. The third-order valence-corrected chi connectivity index (χ3v) is 7.04. The zero-order chi connectivity index (χ0) is 16.6. The van der Waals surface area contributed by atoms with E-state index in [1.807, 2.05) is 0 Å². The normalized spacial score (nSPS) is 35.2. The first-order valence-electron chi connectivity index (χ1n) is 10.1. The van der Waals surface area contributed by atoms with Gasteiger partial charge >= 0.3 is 0 Å². The van der Waals surface area contributed by atoms with E-state index in [1.165, 1.54) is 44.1 Å². The maximum atomic E-state index is 5.93. The fourth-order valence-corrected chi connectivity index (χ4v) is 6.19. The molecule has 4 fully saturated rings. The molecule has 4 aliphatic rings.